The minimum absolute atomic E-state index is 0.00201. The third-order valence-corrected chi connectivity index (χ3v) is 9.01. The molecule has 1 atom stereocenters. The van der Waals surface area contributed by atoms with Crippen molar-refractivity contribution in [2.24, 2.45) is 0 Å². The molecule has 4 aromatic rings. The van der Waals surface area contributed by atoms with Gasteiger partial charge in [-0.15, -0.1) is 0 Å². The lowest BCUT2D eigenvalue weighted by Gasteiger charge is -2.40. The molecule has 0 aliphatic carbocycles. The van der Waals surface area contributed by atoms with Crippen molar-refractivity contribution < 1.29 is 19.5 Å². The van der Waals surface area contributed by atoms with E-state index in [4.69, 9.17) is 5.11 Å². The zero-order chi connectivity index (χ0) is 32.6. The standard InChI is InChI=1S/C39H43N3O4/c1-27-8-7-9-28(2)36(27)38(44)40-29(3)20-23-41-24-21-35(22-25-41)42(26-30-10-5-4-6-11-30)34-18-16-32(17-19-34)37(43)31-12-14-33(15-13-31)39(45)46/h4-19,29,35H,20-26H2,1-3H3,(H,40,44)(H,45,46). The van der Waals surface area contributed by atoms with Crippen molar-refractivity contribution in [3.05, 3.63) is 136 Å². The predicted molar refractivity (Wildman–Crippen MR) is 183 cm³/mol. The Morgan fingerprint density at radius 1 is 0.804 bits per heavy atom. The number of nitrogens with one attached hydrogen (secondary N) is 1. The van der Waals surface area contributed by atoms with Gasteiger partial charge >= 0.3 is 5.97 Å². The molecule has 7 nitrogen and oxygen atoms in total. The summed E-state index contributed by atoms with van der Waals surface area (Å²) in [6.45, 7) is 9.72. The minimum atomic E-state index is -1.01. The Labute approximate surface area is 271 Å². The molecule has 238 valence electrons. The molecule has 1 fully saturated rings. The SMILES string of the molecule is Cc1cccc(C)c1C(=O)NC(C)CCN1CCC(N(Cc2ccccc2)c2ccc(C(=O)c3ccc(C(=O)O)cc3)cc2)CC1. The van der Waals surface area contributed by atoms with Crippen LogP contribution >= 0.6 is 0 Å². The number of aryl methyl sites for hydroxylation is 2. The second-order valence-electron chi connectivity index (χ2n) is 12.4. The van der Waals surface area contributed by atoms with Crippen LogP contribution in [0.4, 0.5) is 5.69 Å². The lowest BCUT2D eigenvalue weighted by Crippen LogP contribution is -2.46. The average Bonchev–Trinajstić information content (AvgIpc) is 3.07. The van der Waals surface area contributed by atoms with Crippen molar-refractivity contribution in [2.75, 3.05) is 24.5 Å². The Balaban J connectivity index is 1.20. The van der Waals surface area contributed by atoms with Gasteiger partial charge in [-0.05, 0) is 93.1 Å². The third kappa shape index (κ3) is 8.09. The number of ketones is 1. The molecule has 46 heavy (non-hydrogen) atoms. The average molecular weight is 618 g/mol. The third-order valence-electron chi connectivity index (χ3n) is 9.01. The van der Waals surface area contributed by atoms with Crippen LogP contribution in [-0.2, 0) is 6.54 Å². The highest BCUT2D eigenvalue weighted by atomic mass is 16.4. The summed E-state index contributed by atoms with van der Waals surface area (Å²) in [5.74, 6) is -1.15. The number of nitrogens with zero attached hydrogens (tertiary/aromatic N) is 2. The Hall–Kier alpha value is -4.75. The number of hydrogen-bond acceptors (Lipinski definition) is 5. The Kier molecular flexibility index (Phi) is 10.7. The van der Waals surface area contributed by atoms with E-state index in [1.807, 2.05) is 62.4 Å². The van der Waals surface area contributed by atoms with E-state index in [9.17, 15) is 14.4 Å². The van der Waals surface area contributed by atoms with Crippen LogP contribution in [0.15, 0.2) is 97.1 Å². The summed E-state index contributed by atoms with van der Waals surface area (Å²) in [5.41, 5.74) is 6.27. The van der Waals surface area contributed by atoms with Crippen LogP contribution in [0.2, 0.25) is 0 Å². The highest BCUT2D eigenvalue weighted by Crippen LogP contribution is 2.27. The van der Waals surface area contributed by atoms with Crippen LogP contribution < -0.4 is 10.2 Å². The van der Waals surface area contributed by atoms with Gasteiger partial charge in [-0.1, -0.05) is 60.7 Å². The number of amides is 1. The molecule has 1 unspecified atom stereocenters. The first kappa shape index (κ1) is 32.6. The number of likely N-dealkylation sites (tertiary alicyclic amines) is 1. The number of carbonyl (C=O) groups is 3. The van der Waals surface area contributed by atoms with Gasteiger partial charge in [-0.25, -0.2) is 4.79 Å². The lowest BCUT2D eigenvalue weighted by molar-refractivity contribution is 0.0696. The molecule has 0 radical (unpaired) electrons. The predicted octanol–water partition coefficient (Wildman–Crippen LogP) is 6.91. The number of carboxylic acids is 1. The van der Waals surface area contributed by atoms with E-state index in [-0.39, 0.29) is 23.3 Å². The topological polar surface area (TPSA) is 90.0 Å². The van der Waals surface area contributed by atoms with Crippen molar-refractivity contribution in [3.8, 4) is 0 Å². The van der Waals surface area contributed by atoms with Crippen LogP contribution in [0.3, 0.4) is 0 Å². The Morgan fingerprint density at radius 3 is 1.96 bits per heavy atom. The zero-order valence-electron chi connectivity index (χ0n) is 26.9. The molecule has 1 aliphatic rings. The molecule has 0 saturated carbocycles. The summed E-state index contributed by atoms with van der Waals surface area (Å²) in [6, 6.07) is 30.7. The van der Waals surface area contributed by atoms with E-state index in [0.717, 1.165) is 67.8 Å². The number of aromatic carboxylic acids is 1. The molecule has 0 aromatic heterocycles. The van der Waals surface area contributed by atoms with Crippen LogP contribution in [0, 0.1) is 13.8 Å². The molecule has 5 rings (SSSR count). The van der Waals surface area contributed by atoms with Crippen LogP contribution in [0.1, 0.15) is 79.5 Å². The van der Waals surface area contributed by atoms with Gasteiger partial charge in [0.05, 0.1) is 5.56 Å². The normalized spacial score (nSPS) is 14.4. The number of hydrogen-bond donors (Lipinski definition) is 2. The van der Waals surface area contributed by atoms with Crippen molar-refractivity contribution in [2.45, 2.75) is 58.7 Å². The highest BCUT2D eigenvalue weighted by Gasteiger charge is 2.26. The molecule has 7 heteroatoms. The first-order valence-electron chi connectivity index (χ1n) is 16.1. The number of anilines is 1. The molecule has 4 aromatic carbocycles. The van der Waals surface area contributed by atoms with E-state index < -0.39 is 5.97 Å². The van der Waals surface area contributed by atoms with Gasteiger partial charge in [0.25, 0.3) is 5.91 Å². The number of benzene rings is 4. The molecular weight excluding hydrogens is 574 g/mol. The molecular formula is C39H43N3O4. The monoisotopic (exact) mass is 617 g/mol. The molecule has 1 aliphatic heterocycles. The first-order valence-corrected chi connectivity index (χ1v) is 16.1. The summed E-state index contributed by atoms with van der Waals surface area (Å²) in [5, 5.41) is 12.4. The number of piperidine rings is 1. The fourth-order valence-corrected chi connectivity index (χ4v) is 6.32. The van der Waals surface area contributed by atoms with Gasteiger partial charge in [-0.3, -0.25) is 9.59 Å². The van der Waals surface area contributed by atoms with Gasteiger partial charge < -0.3 is 20.2 Å². The van der Waals surface area contributed by atoms with E-state index in [1.165, 1.54) is 17.7 Å². The van der Waals surface area contributed by atoms with Gasteiger partial charge in [0.15, 0.2) is 5.78 Å². The molecule has 1 heterocycles. The number of carbonyl (C=O) groups excluding carboxylic acids is 2. The number of carboxylic acid groups (broad SMARTS) is 1. The van der Waals surface area contributed by atoms with Crippen molar-refractivity contribution in [3.63, 3.8) is 0 Å². The summed E-state index contributed by atoms with van der Waals surface area (Å²) in [4.78, 5) is 42.2. The summed E-state index contributed by atoms with van der Waals surface area (Å²) in [6.07, 6.45) is 2.93. The molecule has 2 N–H and O–H groups in total. The maximum absolute atomic E-state index is 13.1. The molecule has 0 bridgehead atoms. The smallest absolute Gasteiger partial charge is 0.335 e. The summed E-state index contributed by atoms with van der Waals surface area (Å²) >= 11 is 0. The molecule has 1 saturated heterocycles. The second-order valence-corrected chi connectivity index (χ2v) is 12.4. The fourth-order valence-electron chi connectivity index (χ4n) is 6.32. The lowest BCUT2D eigenvalue weighted by atomic mass is 9.99. The van der Waals surface area contributed by atoms with E-state index in [0.29, 0.717) is 17.2 Å². The zero-order valence-corrected chi connectivity index (χ0v) is 26.9. The van der Waals surface area contributed by atoms with Gasteiger partial charge in [0.1, 0.15) is 0 Å². The Bertz CT molecular complexity index is 1620. The summed E-state index contributed by atoms with van der Waals surface area (Å²) in [7, 11) is 0. The minimum Gasteiger partial charge on any atom is -0.478 e. The van der Waals surface area contributed by atoms with Crippen molar-refractivity contribution >= 4 is 23.3 Å². The van der Waals surface area contributed by atoms with Crippen molar-refractivity contribution in [1.29, 1.82) is 0 Å². The maximum Gasteiger partial charge on any atom is 0.335 e. The second kappa shape index (κ2) is 15.0. The summed E-state index contributed by atoms with van der Waals surface area (Å²) < 4.78 is 0. The van der Waals surface area contributed by atoms with Gasteiger partial charge in [0, 0.05) is 60.6 Å². The van der Waals surface area contributed by atoms with E-state index in [2.05, 4.69) is 46.3 Å². The van der Waals surface area contributed by atoms with Gasteiger partial charge in [0.2, 0.25) is 0 Å². The first-order chi connectivity index (χ1) is 22.2. The van der Waals surface area contributed by atoms with Crippen molar-refractivity contribution in [1.82, 2.24) is 10.2 Å². The quantitative estimate of drug-likeness (QED) is 0.168. The highest BCUT2D eigenvalue weighted by molar-refractivity contribution is 6.09. The van der Waals surface area contributed by atoms with Crippen LogP contribution in [0.25, 0.3) is 0 Å². The largest absolute Gasteiger partial charge is 0.478 e. The maximum atomic E-state index is 13.1. The molecule has 0 spiro atoms. The van der Waals surface area contributed by atoms with Crippen LogP contribution in [-0.4, -0.2) is 59.4 Å². The fraction of sp³-hybridized carbons (Fsp3) is 0.308. The Morgan fingerprint density at radius 2 is 1.37 bits per heavy atom. The molecule has 1 amide bonds. The van der Waals surface area contributed by atoms with Crippen LogP contribution in [0.5, 0.6) is 0 Å². The van der Waals surface area contributed by atoms with E-state index >= 15 is 0 Å². The number of rotatable bonds is 12. The van der Waals surface area contributed by atoms with E-state index in [1.54, 1.807) is 12.1 Å². The van der Waals surface area contributed by atoms with Gasteiger partial charge in [-0.2, -0.15) is 0 Å².